The lowest BCUT2D eigenvalue weighted by molar-refractivity contribution is -0.0284. The molecule has 1 heterocycles. The third-order valence-corrected chi connectivity index (χ3v) is 3.76. The Hall–Kier alpha value is -0.890. The Balaban J connectivity index is 2.12. The van der Waals surface area contributed by atoms with Gasteiger partial charge in [0.15, 0.2) is 5.96 Å². The SMILES string of the molecule is CN=C(NCCCOCCOC)NCC1CN(CC(C)C)CCO1. The van der Waals surface area contributed by atoms with Crippen molar-refractivity contribution >= 4 is 5.96 Å². The number of nitrogens with zero attached hydrogens (tertiary/aromatic N) is 2. The fourth-order valence-corrected chi connectivity index (χ4v) is 2.64. The molecule has 142 valence electrons. The first-order valence-electron chi connectivity index (χ1n) is 9.00. The number of hydrogen-bond acceptors (Lipinski definition) is 5. The second kappa shape index (κ2) is 13.4. The fourth-order valence-electron chi connectivity index (χ4n) is 2.64. The Labute approximate surface area is 147 Å². The van der Waals surface area contributed by atoms with Crippen LogP contribution in [0.3, 0.4) is 0 Å². The minimum Gasteiger partial charge on any atom is -0.382 e. The summed E-state index contributed by atoms with van der Waals surface area (Å²) in [5.74, 6) is 1.51. The summed E-state index contributed by atoms with van der Waals surface area (Å²) in [5.41, 5.74) is 0. The number of aliphatic imine (C=N–C) groups is 1. The van der Waals surface area contributed by atoms with E-state index in [4.69, 9.17) is 14.2 Å². The number of guanidine groups is 1. The molecule has 1 saturated heterocycles. The lowest BCUT2D eigenvalue weighted by atomic mass is 10.2. The Bertz CT molecular complexity index is 340. The molecule has 1 unspecified atom stereocenters. The smallest absolute Gasteiger partial charge is 0.191 e. The second-order valence-corrected chi connectivity index (χ2v) is 6.48. The van der Waals surface area contributed by atoms with Crippen LogP contribution >= 0.6 is 0 Å². The highest BCUT2D eigenvalue weighted by Gasteiger charge is 2.20. The molecule has 0 aromatic rings. The molecule has 0 aromatic carbocycles. The number of hydrogen-bond donors (Lipinski definition) is 2. The average Bonchev–Trinajstić information content (AvgIpc) is 2.56. The number of nitrogens with one attached hydrogen (secondary N) is 2. The molecule has 0 aliphatic carbocycles. The zero-order valence-corrected chi connectivity index (χ0v) is 15.8. The number of morpholine rings is 1. The molecule has 1 atom stereocenters. The van der Waals surface area contributed by atoms with E-state index in [1.165, 1.54) is 0 Å². The van der Waals surface area contributed by atoms with Crippen molar-refractivity contribution in [2.75, 3.05) is 73.3 Å². The van der Waals surface area contributed by atoms with Gasteiger partial charge in [-0.25, -0.2) is 0 Å². The summed E-state index contributed by atoms with van der Waals surface area (Å²) >= 11 is 0. The van der Waals surface area contributed by atoms with Crippen LogP contribution < -0.4 is 10.6 Å². The van der Waals surface area contributed by atoms with Crippen molar-refractivity contribution in [3.8, 4) is 0 Å². The third-order valence-electron chi connectivity index (χ3n) is 3.76. The average molecular weight is 345 g/mol. The number of ether oxygens (including phenoxy) is 3. The van der Waals surface area contributed by atoms with Crippen LogP contribution in [0.15, 0.2) is 4.99 Å². The Morgan fingerprint density at radius 2 is 2.12 bits per heavy atom. The van der Waals surface area contributed by atoms with Crippen molar-refractivity contribution in [3.05, 3.63) is 0 Å². The molecule has 1 rings (SSSR count). The van der Waals surface area contributed by atoms with E-state index in [9.17, 15) is 0 Å². The van der Waals surface area contributed by atoms with Gasteiger partial charge in [-0.15, -0.1) is 0 Å². The quantitative estimate of drug-likeness (QED) is 0.324. The summed E-state index contributed by atoms with van der Waals surface area (Å²) < 4.78 is 16.2. The molecule has 2 N–H and O–H groups in total. The molecule has 0 saturated carbocycles. The Morgan fingerprint density at radius 1 is 1.29 bits per heavy atom. The minimum atomic E-state index is 0.216. The van der Waals surface area contributed by atoms with Crippen LogP contribution in [-0.4, -0.2) is 90.3 Å². The first-order chi connectivity index (χ1) is 11.7. The third kappa shape index (κ3) is 10.1. The molecule has 7 nitrogen and oxygen atoms in total. The molecular formula is C17H36N4O3. The van der Waals surface area contributed by atoms with Crippen molar-refractivity contribution in [1.29, 1.82) is 0 Å². The molecule has 0 radical (unpaired) electrons. The van der Waals surface area contributed by atoms with Gasteiger partial charge >= 0.3 is 0 Å². The van der Waals surface area contributed by atoms with Crippen molar-refractivity contribution in [2.24, 2.45) is 10.9 Å². The molecule has 7 heteroatoms. The van der Waals surface area contributed by atoms with E-state index in [2.05, 4.69) is 34.4 Å². The largest absolute Gasteiger partial charge is 0.382 e. The highest BCUT2D eigenvalue weighted by molar-refractivity contribution is 5.79. The normalized spacial score (nSPS) is 19.7. The van der Waals surface area contributed by atoms with Crippen molar-refractivity contribution in [2.45, 2.75) is 26.4 Å². The predicted molar refractivity (Wildman–Crippen MR) is 97.7 cm³/mol. The zero-order valence-electron chi connectivity index (χ0n) is 15.8. The molecule has 0 spiro atoms. The van der Waals surface area contributed by atoms with Crippen LogP contribution in [0.5, 0.6) is 0 Å². The van der Waals surface area contributed by atoms with Gasteiger partial charge in [0.25, 0.3) is 0 Å². The molecule has 0 amide bonds. The van der Waals surface area contributed by atoms with Gasteiger partial charge in [0.2, 0.25) is 0 Å². The lowest BCUT2D eigenvalue weighted by Gasteiger charge is -2.34. The van der Waals surface area contributed by atoms with E-state index >= 15 is 0 Å². The summed E-state index contributed by atoms with van der Waals surface area (Å²) in [5, 5.41) is 6.65. The van der Waals surface area contributed by atoms with Crippen LogP contribution in [0.4, 0.5) is 0 Å². The molecule has 24 heavy (non-hydrogen) atoms. The molecular weight excluding hydrogens is 308 g/mol. The molecule has 1 aliphatic heterocycles. The monoisotopic (exact) mass is 344 g/mol. The fraction of sp³-hybridized carbons (Fsp3) is 0.941. The van der Waals surface area contributed by atoms with E-state index in [1.54, 1.807) is 14.2 Å². The van der Waals surface area contributed by atoms with Crippen molar-refractivity contribution in [3.63, 3.8) is 0 Å². The predicted octanol–water partition coefficient (Wildman–Crippen LogP) is 0.561. The minimum absolute atomic E-state index is 0.216. The van der Waals surface area contributed by atoms with Gasteiger partial charge in [-0.1, -0.05) is 13.8 Å². The summed E-state index contributed by atoms with van der Waals surface area (Å²) in [6, 6.07) is 0. The maximum Gasteiger partial charge on any atom is 0.191 e. The topological polar surface area (TPSA) is 67.4 Å². The van der Waals surface area contributed by atoms with Crippen LogP contribution in [0.2, 0.25) is 0 Å². The van der Waals surface area contributed by atoms with E-state index in [-0.39, 0.29) is 6.10 Å². The summed E-state index contributed by atoms with van der Waals surface area (Å²) in [6.45, 7) is 12.1. The summed E-state index contributed by atoms with van der Waals surface area (Å²) in [4.78, 5) is 6.73. The van der Waals surface area contributed by atoms with Crippen LogP contribution in [-0.2, 0) is 14.2 Å². The van der Waals surface area contributed by atoms with Gasteiger partial charge in [0.1, 0.15) is 0 Å². The Morgan fingerprint density at radius 3 is 2.83 bits per heavy atom. The summed E-state index contributed by atoms with van der Waals surface area (Å²) in [7, 11) is 3.47. The van der Waals surface area contributed by atoms with E-state index in [0.717, 1.165) is 58.3 Å². The lowest BCUT2D eigenvalue weighted by Crippen LogP contribution is -2.50. The van der Waals surface area contributed by atoms with Gasteiger partial charge in [-0.3, -0.25) is 9.89 Å². The van der Waals surface area contributed by atoms with Crippen molar-refractivity contribution in [1.82, 2.24) is 15.5 Å². The first kappa shape index (κ1) is 21.2. The highest BCUT2D eigenvalue weighted by Crippen LogP contribution is 2.07. The molecule has 1 aliphatic rings. The highest BCUT2D eigenvalue weighted by atomic mass is 16.5. The zero-order chi connectivity index (χ0) is 17.6. The standard InChI is InChI=1S/C17H36N4O3/c1-15(2)13-21-7-9-24-16(14-21)12-20-17(18-3)19-6-5-8-23-11-10-22-4/h15-16H,5-14H2,1-4H3,(H2,18,19,20). The van der Waals surface area contributed by atoms with Gasteiger partial charge in [-0.2, -0.15) is 0 Å². The molecule has 0 aromatic heterocycles. The van der Waals surface area contributed by atoms with Crippen LogP contribution in [0.1, 0.15) is 20.3 Å². The number of methoxy groups -OCH3 is 1. The maximum atomic E-state index is 5.85. The van der Waals surface area contributed by atoms with Gasteiger partial charge in [-0.05, 0) is 12.3 Å². The van der Waals surface area contributed by atoms with Crippen LogP contribution in [0, 0.1) is 5.92 Å². The summed E-state index contributed by atoms with van der Waals surface area (Å²) in [6.07, 6.45) is 1.15. The Kier molecular flexibility index (Phi) is 11.8. The van der Waals surface area contributed by atoms with E-state index in [1.807, 2.05) is 0 Å². The van der Waals surface area contributed by atoms with Crippen molar-refractivity contribution < 1.29 is 14.2 Å². The second-order valence-electron chi connectivity index (χ2n) is 6.48. The van der Waals surface area contributed by atoms with Crippen LogP contribution in [0.25, 0.3) is 0 Å². The molecule has 1 fully saturated rings. The van der Waals surface area contributed by atoms with E-state index < -0.39 is 0 Å². The van der Waals surface area contributed by atoms with Gasteiger partial charge in [0.05, 0.1) is 25.9 Å². The number of rotatable bonds is 11. The first-order valence-corrected chi connectivity index (χ1v) is 9.00. The van der Waals surface area contributed by atoms with E-state index in [0.29, 0.717) is 19.1 Å². The van der Waals surface area contributed by atoms with Gasteiger partial charge < -0.3 is 24.8 Å². The van der Waals surface area contributed by atoms with Gasteiger partial charge in [0, 0.05) is 53.5 Å². The maximum absolute atomic E-state index is 5.85. The molecule has 0 bridgehead atoms.